The maximum absolute atomic E-state index is 12.8. The number of methoxy groups -OCH3 is 2. The molecule has 3 aromatic rings. The minimum Gasteiger partial charge on any atom is -0.497 e. The van der Waals surface area contributed by atoms with Crippen LogP contribution in [0.2, 0.25) is 0 Å². The van der Waals surface area contributed by atoms with Crippen LogP contribution in [0.1, 0.15) is 15.9 Å². The first-order valence-electron chi connectivity index (χ1n) is 9.73. The molecule has 6 heteroatoms. The zero-order valence-corrected chi connectivity index (χ0v) is 17.0. The minimum atomic E-state index is 0.0524. The van der Waals surface area contributed by atoms with Gasteiger partial charge in [-0.15, -0.1) is 0 Å². The van der Waals surface area contributed by atoms with Crippen LogP contribution in [0, 0.1) is 6.92 Å². The monoisotopic (exact) mass is 391 g/mol. The molecular weight excluding hydrogens is 366 g/mol. The van der Waals surface area contributed by atoms with E-state index in [1.807, 2.05) is 41.3 Å². The highest BCUT2D eigenvalue weighted by atomic mass is 16.5. The number of nitrogens with zero attached hydrogens (tertiary/aromatic N) is 3. The first-order valence-corrected chi connectivity index (χ1v) is 9.73. The smallest absolute Gasteiger partial charge is 0.253 e. The molecule has 1 amide bonds. The summed E-state index contributed by atoms with van der Waals surface area (Å²) in [7, 11) is 3.29. The maximum atomic E-state index is 12.8. The number of hydrogen-bond donors (Lipinski definition) is 0. The van der Waals surface area contributed by atoms with Gasteiger partial charge in [0.2, 0.25) is 0 Å². The second kappa shape index (κ2) is 7.99. The van der Waals surface area contributed by atoms with Gasteiger partial charge in [-0.1, -0.05) is 12.1 Å². The van der Waals surface area contributed by atoms with Gasteiger partial charge in [0.15, 0.2) is 0 Å². The second-order valence-corrected chi connectivity index (χ2v) is 7.16. The number of anilines is 1. The molecule has 29 heavy (non-hydrogen) atoms. The van der Waals surface area contributed by atoms with Gasteiger partial charge >= 0.3 is 0 Å². The van der Waals surface area contributed by atoms with Gasteiger partial charge in [0, 0.05) is 37.1 Å². The molecule has 0 aliphatic carbocycles. The number of benzene rings is 2. The van der Waals surface area contributed by atoms with Gasteiger partial charge in [-0.25, -0.2) is 4.98 Å². The molecule has 0 radical (unpaired) electrons. The van der Waals surface area contributed by atoms with Crippen LogP contribution in [0.25, 0.3) is 10.9 Å². The number of ether oxygens (including phenoxy) is 2. The molecule has 2 heterocycles. The van der Waals surface area contributed by atoms with Gasteiger partial charge in [-0.2, -0.15) is 0 Å². The Hall–Kier alpha value is -3.28. The Morgan fingerprint density at radius 1 is 0.966 bits per heavy atom. The van der Waals surface area contributed by atoms with E-state index in [9.17, 15) is 4.79 Å². The summed E-state index contributed by atoms with van der Waals surface area (Å²) >= 11 is 0. The van der Waals surface area contributed by atoms with Crippen molar-refractivity contribution < 1.29 is 14.3 Å². The van der Waals surface area contributed by atoms with E-state index in [0.29, 0.717) is 18.7 Å². The van der Waals surface area contributed by atoms with Gasteiger partial charge < -0.3 is 19.3 Å². The molecule has 1 saturated heterocycles. The molecule has 4 rings (SSSR count). The van der Waals surface area contributed by atoms with Crippen molar-refractivity contribution in [3.8, 4) is 11.5 Å². The zero-order chi connectivity index (χ0) is 20.4. The Bertz CT molecular complexity index is 1030. The first-order chi connectivity index (χ1) is 14.1. The third-order valence-corrected chi connectivity index (χ3v) is 5.44. The third kappa shape index (κ3) is 3.70. The Balaban J connectivity index is 1.50. The van der Waals surface area contributed by atoms with Gasteiger partial charge in [-0.3, -0.25) is 4.79 Å². The molecule has 0 bridgehead atoms. The fourth-order valence-corrected chi connectivity index (χ4v) is 3.76. The second-order valence-electron chi connectivity index (χ2n) is 7.16. The van der Waals surface area contributed by atoms with E-state index >= 15 is 0 Å². The van der Waals surface area contributed by atoms with Gasteiger partial charge in [-0.05, 0) is 48.9 Å². The van der Waals surface area contributed by atoms with Gasteiger partial charge in [0.1, 0.15) is 22.8 Å². The number of piperazine rings is 1. The quantitative estimate of drug-likeness (QED) is 0.681. The average molecular weight is 391 g/mol. The summed E-state index contributed by atoms with van der Waals surface area (Å²) in [6, 6.07) is 15.4. The van der Waals surface area contributed by atoms with Crippen molar-refractivity contribution in [3.05, 3.63) is 59.7 Å². The molecule has 0 N–H and O–H groups in total. The summed E-state index contributed by atoms with van der Waals surface area (Å²) in [5, 5.41) is 1.10. The van der Waals surface area contributed by atoms with Crippen LogP contribution in [-0.2, 0) is 0 Å². The zero-order valence-electron chi connectivity index (χ0n) is 17.0. The Morgan fingerprint density at radius 3 is 2.34 bits per heavy atom. The number of pyridine rings is 1. The highest BCUT2D eigenvalue weighted by Gasteiger charge is 2.23. The number of carbonyl (C=O) groups excluding carboxylic acids is 1. The van der Waals surface area contributed by atoms with Gasteiger partial charge in [0.25, 0.3) is 5.91 Å². The topological polar surface area (TPSA) is 54.9 Å². The van der Waals surface area contributed by atoms with E-state index in [2.05, 4.69) is 24.0 Å². The van der Waals surface area contributed by atoms with E-state index in [0.717, 1.165) is 41.3 Å². The maximum Gasteiger partial charge on any atom is 0.253 e. The number of rotatable bonds is 4. The summed E-state index contributed by atoms with van der Waals surface area (Å²) in [5.74, 6) is 2.51. The van der Waals surface area contributed by atoms with E-state index in [-0.39, 0.29) is 5.91 Å². The molecule has 0 spiro atoms. The van der Waals surface area contributed by atoms with Crippen LogP contribution in [-0.4, -0.2) is 56.2 Å². The Kier molecular flexibility index (Phi) is 5.25. The fourth-order valence-electron chi connectivity index (χ4n) is 3.76. The molecule has 2 aromatic carbocycles. The van der Waals surface area contributed by atoms with Crippen LogP contribution >= 0.6 is 0 Å². The molecule has 0 atom stereocenters. The summed E-state index contributed by atoms with van der Waals surface area (Å²) < 4.78 is 10.7. The molecule has 150 valence electrons. The fraction of sp³-hybridized carbons (Fsp3) is 0.304. The molecule has 0 saturated carbocycles. The molecule has 1 fully saturated rings. The number of para-hydroxylation sites is 1. The first kappa shape index (κ1) is 19.1. The molecular formula is C23H25N3O3. The van der Waals surface area contributed by atoms with E-state index in [1.54, 1.807) is 14.2 Å². The van der Waals surface area contributed by atoms with Crippen molar-refractivity contribution in [3.63, 3.8) is 0 Å². The van der Waals surface area contributed by atoms with Crippen molar-refractivity contribution in [1.29, 1.82) is 0 Å². The molecule has 6 nitrogen and oxygen atoms in total. The Labute approximate surface area is 170 Å². The van der Waals surface area contributed by atoms with E-state index < -0.39 is 0 Å². The lowest BCUT2D eigenvalue weighted by molar-refractivity contribution is 0.0746. The lowest BCUT2D eigenvalue weighted by Crippen LogP contribution is -2.49. The van der Waals surface area contributed by atoms with Crippen LogP contribution in [0.3, 0.4) is 0 Å². The number of aromatic nitrogens is 1. The highest BCUT2D eigenvalue weighted by molar-refractivity contribution is 5.94. The van der Waals surface area contributed by atoms with Crippen LogP contribution < -0.4 is 14.4 Å². The van der Waals surface area contributed by atoms with Crippen molar-refractivity contribution >= 4 is 22.6 Å². The number of amides is 1. The van der Waals surface area contributed by atoms with Crippen molar-refractivity contribution in [2.24, 2.45) is 0 Å². The van der Waals surface area contributed by atoms with Gasteiger partial charge in [0.05, 0.1) is 14.2 Å². The predicted molar refractivity (Wildman–Crippen MR) is 114 cm³/mol. The number of hydrogen-bond acceptors (Lipinski definition) is 5. The molecule has 1 aromatic heterocycles. The van der Waals surface area contributed by atoms with Crippen LogP contribution in [0.4, 0.5) is 5.82 Å². The predicted octanol–water partition coefficient (Wildman–Crippen LogP) is 3.52. The summed E-state index contributed by atoms with van der Waals surface area (Å²) in [6.45, 7) is 4.91. The Morgan fingerprint density at radius 2 is 1.69 bits per heavy atom. The molecule has 0 unspecified atom stereocenters. The van der Waals surface area contributed by atoms with Crippen molar-refractivity contribution in [2.45, 2.75) is 6.92 Å². The van der Waals surface area contributed by atoms with Crippen LogP contribution in [0.15, 0.2) is 48.5 Å². The van der Waals surface area contributed by atoms with E-state index in [1.165, 1.54) is 5.56 Å². The summed E-state index contributed by atoms with van der Waals surface area (Å²) in [4.78, 5) is 21.8. The minimum absolute atomic E-state index is 0.0524. The molecule has 1 aliphatic heterocycles. The van der Waals surface area contributed by atoms with Crippen LogP contribution in [0.5, 0.6) is 11.5 Å². The SMILES string of the molecule is COc1ccc(C(=O)N2CCN(c3cc(C)c4cccc(OC)c4n3)CC2)cc1. The largest absolute Gasteiger partial charge is 0.497 e. The highest BCUT2D eigenvalue weighted by Crippen LogP contribution is 2.29. The lowest BCUT2D eigenvalue weighted by atomic mass is 10.1. The number of aryl methyl sites for hydroxylation is 1. The average Bonchev–Trinajstić information content (AvgIpc) is 2.78. The van der Waals surface area contributed by atoms with Crippen molar-refractivity contribution in [2.75, 3.05) is 45.3 Å². The van der Waals surface area contributed by atoms with E-state index in [4.69, 9.17) is 14.5 Å². The summed E-state index contributed by atoms with van der Waals surface area (Å²) in [6.07, 6.45) is 0. The van der Waals surface area contributed by atoms with Crippen molar-refractivity contribution in [1.82, 2.24) is 9.88 Å². The number of fused-ring (bicyclic) bond motifs is 1. The summed E-state index contributed by atoms with van der Waals surface area (Å²) in [5.41, 5.74) is 2.73. The standard InChI is InChI=1S/C23H25N3O3/c1-16-15-21(24-22-19(16)5-4-6-20(22)29-3)25-11-13-26(14-12-25)23(27)17-7-9-18(28-2)10-8-17/h4-10,15H,11-14H2,1-3H3. The number of carbonyl (C=O) groups is 1. The normalized spacial score (nSPS) is 14.2. The molecule has 1 aliphatic rings. The lowest BCUT2D eigenvalue weighted by Gasteiger charge is -2.35. The third-order valence-electron chi connectivity index (χ3n) is 5.44.